The number of hydrogen-bond acceptors (Lipinski definition) is 1. The summed E-state index contributed by atoms with van der Waals surface area (Å²) in [6.07, 6.45) is 13.9. The molecular weight excluding hydrogens is 184 g/mol. The van der Waals surface area contributed by atoms with Crippen LogP contribution in [0.5, 0.6) is 0 Å². The molecule has 0 bridgehead atoms. The third kappa shape index (κ3) is 14.0. The van der Waals surface area contributed by atoms with Crippen LogP contribution in [0.2, 0.25) is 0 Å². The summed E-state index contributed by atoms with van der Waals surface area (Å²) < 4.78 is 5.19. The Labute approximate surface area is 96.6 Å². The van der Waals surface area contributed by atoms with Gasteiger partial charge in [-0.3, -0.25) is 0 Å². The van der Waals surface area contributed by atoms with Gasteiger partial charge in [-0.2, -0.15) is 0 Å². The van der Waals surface area contributed by atoms with E-state index in [-0.39, 0.29) is 0 Å². The molecule has 0 atom stereocenters. The summed E-state index contributed by atoms with van der Waals surface area (Å²) in [5.41, 5.74) is 0. The summed E-state index contributed by atoms with van der Waals surface area (Å²) in [6.45, 7) is 7.44. The van der Waals surface area contributed by atoms with E-state index < -0.39 is 0 Å². The lowest BCUT2D eigenvalue weighted by Gasteiger charge is -2.02. The van der Waals surface area contributed by atoms with E-state index in [0.29, 0.717) is 6.61 Å². The van der Waals surface area contributed by atoms with Crippen molar-refractivity contribution in [2.75, 3.05) is 13.2 Å². The van der Waals surface area contributed by atoms with E-state index in [0.717, 1.165) is 6.61 Å². The average molecular weight is 213 g/mol. The standard InChI is InChI=1S/C14H29O/c1-3-5-6-7-8-9-10-11-12-13-14-15-4-2/h2-14H2,1H3. The van der Waals surface area contributed by atoms with Gasteiger partial charge in [0.05, 0.1) is 0 Å². The molecule has 0 aliphatic rings. The molecule has 0 aromatic carbocycles. The van der Waals surface area contributed by atoms with Crippen molar-refractivity contribution >= 4 is 0 Å². The maximum Gasteiger partial charge on any atom is 0.0466 e. The molecule has 0 fully saturated rings. The van der Waals surface area contributed by atoms with Gasteiger partial charge >= 0.3 is 0 Å². The lowest BCUT2D eigenvalue weighted by Crippen LogP contribution is -1.93. The van der Waals surface area contributed by atoms with Gasteiger partial charge in [-0.25, -0.2) is 0 Å². The molecule has 0 rings (SSSR count). The van der Waals surface area contributed by atoms with Gasteiger partial charge < -0.3 is 4.74 Å². The number of rotatable bonds is 12. The zero-order valence-corrected chi connectivity index (χ0v) is 10.6. The molecule has 0 amide bonds. The van der Waals surface area contributed by atoms with E-state index in [4.69, 9.17) is 4.74 Å². The van der Waals surface area contributed by atoms with Gasteiger partial charge in [-0.05, 0) is 13.3 Å². The molecule has 0 spiro atoms. The molecule has 0 aliphatic carbocycles. The molecule has 0 aromatic heterocycles. The Kier molecular flexibility index (Phi) is 13.9. The number of unbranched alkanes of at least 4 members (excludes halogenated alkanes) is 9. The first kappa shape index (κ1) is 15.0. The van der Waals surface area contributed by atoms with Gasteiger partial charge in [-0.1, -0.05) is 64.7 Å². The minimum Gasteiger partial charge on any atom is -0.381 e. The van der Waals surface area contributed by atoms with Gasteiger partial charge in [-0.15, -0.1) is 0 Å². The smallest absolute Gasteiger partial charge is 0.0466 e. The van der Waals surface area contributed by atoms with Crippen LogP contribution in [0, 0.1) is 6.92 Å². The van der Waals surface area contributed by atoms with E-state index in [1.807, 2.05) is 0 Å². The highest BCUT2D eigenvalue weighted by atomic mass is 16.5. The minimum absolute atomic E-state index is 0.622. The summed E-state index contributed by atoms with van der Waals surface area (Å²) in [4.78, 5) is 0. The fourth-order valence-electron chi connectivity index (χ4n) is 1.79. The minimum atomic E-state index is 0.622. The van der Waals surface area contributed by atoms with Crippen molar-refractivity contribution in [3.8, 4) is 0 Å². The summed E-state index contributed by atoms with van der Waals surface area (Å²) in [5, 5.41) is 0. The van der Waals surface area contributed by atoms with E-state index >= 15 is 0 Å². The van der Waals surface area contributed by atoms with Crippen LogP contribution < -0.4 is 0 Å². The maximum absolute atomic E-state index is 5.19. The molecule has 0 unspecified atom stereocenters. The summed E-state index contributed by atoms with van der Waals surface area (Å²) >= 11 is 0. The Balaban J connectivity index is 2.81. The average Bonchev–Trinajstić information content (AvgIpc) is 2.26. The highest BCUT2D eigenvalue weighted by molar-refractivity contribution is 4.47. The first-order chi connectivity index (χ1) is 7.41. The zero-order valence-electron chi connectivity index (χ0n) is 10.6. The highest BCUT2D eigenvalue weighted by Crippen LogP contribution is 2.10. The van der Waals surface area contributed by atoms with E-state index in [9.17, 15) is 0 Å². The summed E-state index contributed by atoms with van der Waals surface area (Å²) in [7, 11) is 0. The van der Waals surface area contributed by atoms with Crippen LogP contribution in [0.3, 0.4) is 0 Å². The SMILES string of the molecule is [CH2]COCCCCCCCCCCCC. The Morgan fingerprint density at radius 1 is 0.733 bits per heavy atom. The summed E-state index contributed by atoms with van der Waals surface area (Å²) in [6, 6.07) is 0. The summed E-state index contributed by atoms with van der Waals surface area (Å²) in [5.74, 6) is 0. The van der Waals surface area contributed by atoms with Crippen molar-refractivity contribution < 1.29 is 4.74 Å². The molecule has 0 aromatic rings. The van der Waals surface area contributed by atoms with Gasteiger partial charge in [0.25, 0.3) is 0 Å². The van der Waals surface area contributed by atoms with Crippen molar-refractivity contribution in [3.63, 3.8) is 0 Å². The Bertz CT molecular complexity index is 89.5. The van der Waals surface area contributed by atoms with Crippen LogP contribution in [0.15, 0.2) is 0 Å². The zero-order chi connectivity index (χ0) is 11.2. The van der Waals surface area contributed by atoms with Crippen molar-refractivity contribution in [2.45, 2.75) is 71.1 Å². The second-order valence-corrected chi connectivity index (χ2v) is 4.29. The van der Waals surface area contributed by atoms with Crippen molar-refractivity contribution in [1.29, 1.82) is 0 Å². The Hall–Kier alpha value is -0.0400. The van der Waals surface area contributed by atoms with Gasteiger partial charge in [0.15, 0.2) is 0 Å². The van der Waals surface area contributed by atoms with Crippen LogP contribution in [-0.2, 0) is 4.74 Å². The molecule has 0 N–H and O–H groups in total. The number of ether oxygens (including phenoxy) is 1. The van der Waals surface area contributed by atoms with Gasteiger partial charge in [0, 0.05) is 13.2 Å². The van der Waals surface area contributed by atoms with Crippen LogP contribution in [0.4, 0.5) is 0 Å². The second-order valence-electron chi connectivity index (χ2n) is 4.29. The fraction of sp³-hybridized carbons (Fsp3) is 0.929. The molecule has 1 radical (unpaired) electrons. The molecule has 91 valence electrons. The lowest BCUT2D eigenvalue weighted by atomic mass is 10.1. The lowest BCUT2D eigenvalue weighted by molar-refractivity contribution is 0.156. The molecule has 1 heteroatoms. The van der Waals surface area contributed by atoms with Crippen molar-refractivity contribution in [2.24, 2.45) is 0 Å². The predicted molar refractivity (Wildman–Crippen MR) is 68.0 cm³/mol. The Morgan fingerprint density at radius 2 is 1.20 bits per heavy atom. The molecule has 0 aliphatic heterocycles. The third-order valence-corrected chi connectivity index (χ3v) is 2.79. The highest BCUT2D eigenvalue weighted by Gasteiger charge is 1.92. The predicted octanol–water partition coefficient (Wildman–Crippen LogP) is 4.76. The van der Waals surface area contributed by atoms with Crippen LogP contribution in [0.1, 0.15) is 71.1 Å². The van der Waals surface area contributed by atoms with E-state index in [1.165, 1.54) is 64.2 Å². The van der Waals surface area contributed by atoms with Gasteiger partial charge in [0.1, 0.15) is 0 Å². The molecule has 0 heterocycles. The van der Waals surface area contributed by atoms with E-state index in [2.05, 4.69) is 13.8 Å². The first-order valence-corrected chi connectivity index (χ1v) is 6.78. The van der Waals surface area contributed by atoms with Crippen molar-refractivity contribution in [1.82, 2.24) is 0 Å². The third-order valence-electron chi connectivity index (χ3n) is 2.79. The molecule has 0 saturated carbocycles. The first-order valence-electron chi connectivity index (χ1n) is 6.78. The largest absolute Gasteiger partial charge is 0.381 e. The second kappa shape index (κ2) is 14.0. The number of hydrogen-bond donors (Lipinski definition) is 0. The van der Waals surface area contributed by atoms with Crippen LogP contribution in [-0.4, -0.2) is 13.2 Å². The monoisotopic (exact) mass is 213 g/mol. The van der Waals surface area contributed by atoms with Crippen LogP contribution >= 0.6 is 0 Å². The van der Waals surface area contributed by atoms with Crippen LogP contribution in [0.25, 0.3) is 0 Å². The maximum atomic E-state index is 5.19. The van der Waals surface area contributed by atoms with Crippen molar-refractivity contribution in [3.05, 3.63) is 6.92 Å². The molecular formula is C14H29O. The fourth-order valence-corrected chi connectivity index (χ4v) is 1.79. The molecule has 1 nitrogen and oxygen atoms in total. The quantitative estimate of drug-likeness (QED) is 0.425. The molecule has 0 saturated heterocycles. The Morgan fingerprint density at radius 3 is 1.67 bits per heavy atom. The van der Waals surface area contributed by atoms with Gasteiger partial charge in [0.2, 0.25) is 0 Å². The van der Waals surface area contributed by atoms with E-state index in [1.54, 1.807) is 0 Å². The normalized spacial score (nSPS) is 10.8. The molecule has 15 heavy (non-hydrogen) atoms. The topological polar surface area (TPSA) is 9.23 Å².